The second kappa shape index (κ2) is 40.1. The Morgan fingerprint density at radius 3 is 0.867 bits per heavy atom. The summed E-state index contributed by atoms with van der Waals surface area (Å²) >= 11 is 56.7. The molecule has 696 valence electrons. The van der Waals surface area contributed by atoms with Crippen LogP contribution in [-0.4, -0.2) is 170 Å². The number of carbonyl (C=O) groups excluding carboxylic acids is 3. The fraction of sp³-hybridized carbons (Fsp3) is 0.258. The van der Waals surface area contributed by atoms with Crippen molar-refractivity contribution in [2.45, 2.75) is 80.1 Å². The molecule has 0 unspecified atom stereocenters. The number of hydrogen-bond acceptors (Lipinski definition) is 21. The summed E-state index contributed by atoms with van der Waals surface area (Å²) in [5.41, 5.74) is 0.144. The lowest BCUT2D eigenvalue weighted by atomic mass is 10.0. The number of nitriles is 3. The first-order valence-corrected chi connectivity index (χ1v) is 44.5. The van der Waals surface area contributed by atoms with E-state index in [4.69, 9.17) is 104 Å². The van der Waals surface area contributed by atoms with E-state index in [2.05, 4.69) is 49.6 Å². The molecule has 3 fully saturated rings. The van der Waals surface area contributed by atoms with Gasteiger partial charge in [-0.2, -0.15) is 24.6 Å². The van der Waals surface area contributed by atoms with Gasteiger partial charge >= 0.3 is 0 Å². The number of phenolic OH excluding ortho intramolecular Hbond substituents is 3. The van der Waals surface area contributed by atoms with Crippen molar-refractivity contribution < 1.29 is 56.0 Å². The fourth-order valence-electron chi connectivity index (χ4n) is 16.4. The van der Waals surface area contributed by atoms with E-state index in [0.717, 1.165) is 0 Å². The predicted octanol–water partition coefficient (Wildman–Crippen LogP) is 19.6. The zero-order valence-corrected chi connectivity index (χ0v) is 79.6. The standard InChI is InChI=1S/3C31H25Cl3F2N6O3/c1-5-19(43)40-8-10-41(11-9-40)28-16-12-18(32)26(20-21(33)23(35)24(36)22(34)29(20)44)39-30(16)42(31(45)17(28)13-37)27-15(4)6-7-38-25(27)14(2)3;2*1-5-19(43)40-8-10-41(11-9-40)28-16-12-18(32)26(20-21(33)22(34)23(35)24(36)29(20)44)39-30(16)42(31(45)17(28)13-37)27-15(4)6-7-38-25(27)14(2)3/h3*5-7,12,14,44H,1,8-11H2,2-4H3. The minimum atomic E-state index is -1.66. The molecule has 3 amide bonds. The Kier molecular flexibility index (Phi) is 29.6. The maximum atomic E-state index is 14.8. The summed E-state index contributed by atoms with van der Waals surface area (Å²) in [5, 5.41) is 59.0. The Labute approximate surface area is 810 Å². The molecular formula is C93H75Cl9F6N18O9. The third-order valence-corrected chi connectivity index (χ3v) is 26.2. The molecule has 0 bridgehead atoms. The molecule has 42 heteroatoms. The number of nitrogens with zero attached hydrogens (tertiary/aromatic N) is 18. The molecule has 9 aromatic heterocycles. The third-order valence-electron chi connectivity index (χ3n) is 23.0. The average molecular weight is 2020 g/mol. The van der Waals surface area contributed by atoms with Crippen molar-refractivity contribution in [1.82, 2.24) is 58.3 Å². The fourth-order valence-corrected chi connectivity index (χ4v) is 18.5. The lowest BCUT2D eigenvalue weighted by molar-refractivity contribution is -0.127. The number of aryl methyl sites for hydroxylation is 3. The van der Waals surface area contributed by atoms with Crippen molar-refractivity contribution >= 4 is 172 Å². The summed E-state index contributed by atoms with van der Waals surface area (Å²) in [6.07, 6.45) is 8.44. The first-order chi connectivity index (χ1) is 64.0. The van der Waals surface area contributed by atoms with Gasteiger partial charge in [0.1, 0.15) is 62.6 Å². The largest absolute Gasteiger partial charge is 0.506 e. The van der Waals surface area contributed by atoms with Crippen LogP contribution in [0.5, 0.6) is 17.2 Å². The molecule has 0 atom stereocenters. The molecule has 0 saturated carbocycles. The van der Waals surface area contributed by atoms with Crippen molar-refractivity contribution in [2.24, 2.45) is 0 Å². The average Bonchev–Trinajstić information content (AvgIpc) is 0.728. The van der Waals surface area contributed by atoms with Gasteiger partial charge in [0.25, 0.3) is 16.7 Å². The Hall–Kier alpha value is -12.7. The number of anilines is 3. The Bertz CT molecular complexity index is 6650. The molecule has 0 aliphatic carbocycles. The minimum Gasteiger partial charge on any atom is -0.506 e. The van der Waals surface area contributed by atoms with Gasteiger partial charge in [0.15, 0.2) is 34.8 Å². The number of benzene rings is 3. The van der Waals surface area contributed by atoms with Crippen LogP contribution in [0.4, 0.5) is 43.4 Å². The van der Waals surface area contributed by atoms with E-state index in [1.54, 1.807) is 87.0 Å². The van der Waals surface area contributed by atoms with Crippen LogP contribution in [0.25, 0.3) is 83.9 Å². The van der Waals surface area contributed by atoms with E-state index < -0.39 is 116 Å². The number of carbonyl (C=O) groups is 3. The van der Waals surface area contributed by atoms with E-state index >= 15 is 0 Å². The molecule has 3 N–H and O–H groups in total. The predicted molar refractivity (Wildman–Crippen MR) is 509 cm³/mol. The molecule has 12 aromatic rings. The summed E-state index contributed by atoms with van der Waals surface area (Å²) in [6.45, 7) is 30.5. The van der Waals surface area contributed by atoms with Crippen LogP contribution in [0.2, 0.25) is 45.2 Å². The topological polar surface area (TPSA) is 346 Å². The number of aromatic nitrogens is 9. The highest BCUT2D eigenvalue weighted by molar-refractivity contribution is 6.46. The number of rotatable bonds is 15. The molecular weight excluding hydrogens is 1950 g/mol. The highest BCUT2D eigenvalue weighted by Crippen LogP contribution is 2.52. The van der Waals surface area contributed by atoms with Crippen LogP contribution in [0.1, 0.15) is 110 Å². The molecule has 15 rings (SSSR count). The SMILES string of the molecule is C=CC(=O)N1CCN(c2c(C#N)c(=O)n(-c3c(C)ccnc3C(C)C)c3nc(-c4c(O)c(Cl)c(F)c(F)c4Cl)c(Cl)cc23)CC1.C=CC(=O)N1CCN(c2c(C#N)c(=O)n(-c3c(C)ccnc3C(C)C)c3nc(-c4c(O)c(F)c(F)c(Cl)c4Cl)c(Cl)cc23)CC1.C=CC(=O)N1CCN(c2c(C#N)c(=O)n(-c3c(C)ccnc3C(C)C)c3nc(-c4c(O)c(F)c(F)c(Cl)c4Cl)c(Cl)cc23)CC1. The van der Waals surface area contributed by atoms with Crippen molar-refractivity contribution in [3.63, 3.8) is 0 Å². The number of phenols is 3. The van der Waals surface area contributed by atoms with Crippen LogP contribution < -0.4 is 31.4 Å². The number of pyridine rings is 9. The molecule has 3 aromatic carbocycles. The second-order valence-electron chi connectivity index (χ2n) is 32.0. The van der Waals surface area contributed by atoms with E-state index in [9.17, 15) is 86.2 Å². The Morgan fingerprint density at radius 1 is 0.378 bits per heavy atom. The molecule has 0 spiro atoms. The van der Waals surface area contributed by atoms with Crippen molar-refractivity contribution in [2.75, 3.05) is 93.2 Å². The lowest BCUT2D eigenvalue weighted by Crippen LogP contribution is -2.49. The van der Waals surface area contributed by atoms with Crippen molar-refractivity contribution in [3.8, 4) is 86.3 Å². The smallest absolute Gasteiger partial charge is 0.276 e. The molecule has 27 nitrogen and oxygen atoms in total. The van der Waals surface area contributed by atoms with Crippen molar-refractivity contribution in [1.29, 1.82) is 15.8 Å². The van der Waals surface area contributed by atoms with Gasteiger partial charge in [0.05, 0.1) is 125 Å². The third kappa shape index (κ3) is 17.8. The zero-order valence-electron chi connectivity index (χ0n) is 72.8. The second-order valence-corrected chi connectivity index (χ2v) is 35.5. The summed E-state index contributed by atoms with van der Waals surface area (Å²) < 4.78 is 90.9. The Balaban J connectivity index is 0.000000171. The number of halogens is 15. The van der Waals surface area contributed by atoms with Crippen LogP contribution in [0.3, 0.4) is 0 Å². The van der Waals surface area contributed by atoms with Gasteiger partial charge in [-0.05, 0) is 110 Å². The van der Waals surface area contributed by atoms with Gasteiger partial charge in [0, 0.05) is 113 Å². The summed E-state index contributed by atoms with van der Waals surface area (Å²) in [5.74, 6) is -14.0. The highest BCUT2D eigenvalue weighted by Gasteiger charge is 2.38. The maximum Gasteiger partial charge on any atom is 0.276 e. The lowest BCUT2D eigenvalue weighted by Gasteiger charge is -2.36. The first kappa shape index (κ1) is 99.7. The summed E-state index contributed by atoms with van der Waals surface area (Å²) in [6, 6.07) is 15.5. The number of amides is 3. The van der Waals surface area contributed by atoms with Crippen LogP contribution in [0.15, 0.2) is 107 Å². The molecule has 135 heavy (non-hydrogen) atoms. The first-order valence-electron chi connectivity index (χ1n) is 41.1. The van der Waals surface area contributed by atoms with Gasteiger partial charge in [0.2, 0.25) is 29.4 Å². The maximum absolute atomic E-state index is 14.8. The Morgan fingerprint density at radius 2 is 0.622 bits per heavy atom. The minimum absolute atomic E-state index is 0.0210. The normalized spacial score (nSPS) is 13.4. The van der Waals surface area contributed by atoms with Gasteiger partial charge in [-0.3, -0.25) is 57.4 Å². The van der Waals surface area contributed by atoms with E-state index in [-0.39, 0.29) is 213 Å². The molecule has 3 aliphatic rings. The van der Waals surface area contributed by atoms with Gasteiger partial charge < -0.3 is 44.7 Å². The van der Waals surface area contributed by atoms with Gasteiger partial charge in [-0.1, -0.05) is 166 Å². The molecule has 3 saturated heterocycles. The van der Waals surface area contributed by atoms with Crippen LogP contribution in [-0.2, 0) is 14.4 Å². The molecule has 3 aliphatic heterocycles. The number of fused-ring (bicyclic) bond motifs is 3. The number of aromatic hydroxyl groups is 3. The number of hydrogen-bond donors (Lipinski definition) is 3. The van der Waals surface area contributed by atoms with Crippen molar-refractivity contribution in [3.05, 3.63) is 255 Å². The molecule has 0 radical (unpaired) electrons. The van der Waals surface area contributed by atoms with Crippen LogP contribution >= 0.6 is 104 Å². The summed E-state index contributed by atoms with van der Waals surface area (Å²) in [7, 11) is 0. The van der Waals surface area contributed by atoms with Crippen LogP contribution in [0, 0.1) is 89.7 Å². The highest BCUT2D eigenvalue weighted by atomic mass is 35.5. The van der Waals surface area contributed by atoms with E-state index in [1.165, 1.54) is 50.1 Å². The molecule has 12 heterocycles. The monoisotopic (exact) mass is 2020 g/mol. The number of piperazine rings is 3. The van der Waals surface area contributed by atoms with E-state index in [0.29, 0.717) is 50.8 Å². The van der Waals surface area contributed by atoms with E-state index in [1.807, 2.05) is 59.8 Å². The zero-order chi connectivity index (χ0) is 98.7. The quantitative estimate of drug-likeness (QED) is 0.0371. The van der Waals surface area contributed by atoms with Gasteiger partial charge in [-0.15, -0.1) is 0 Å². The van der Waals surface area contributed by atoms with Gasteiger partial charge in [-0.25, -0.2) is 32.5 Å². The summed E-state index contributed by atoms with van der Waals surface area (Å²) in [4.78, 5) is 117.